The van der Waals surface area contributed by atoms with Crippen molar-refractivity contribution >= 4 is 33.7 Å². The molecule has 0 unspecified atom stereocenters. The van der Waals surface area contributed by atoms with Crippen LogP contribution in [0.2, 0.25) is 5.02 Å². The lowest BCUT2D eigenvalue weighted by Gasteiger charge is -2.10. The summed E-state index contributed by atoms with van der Waals surface area (Å²) in [4.78, 5) is 16.8. The Morgan fingerprint density at radius 2 is 2.00 bits per heavy atom. The summed E-state index contributed by atoms with van der Waals surface area (Å²) in [5.41, 5.74) is 4.40. The van der Waals surface area contributed by atoms with Crippen LogP contribution >= 0.6 is 11.6 Å². The molecule has 0 aliphatic heterocycles. The maximum Gasteiger partial charge on any atom is 0.148 e. The second-order valence-electron chi connectivity index (χ2n) is 7.40. The molecule has 8 nitrogen and oxygen atoms in total. The van der Waals surface area contributed by atoms with Gasteiger partial charge < -0.3 is 14.8 Å². The van der Waals surface area contributed by atoms with Crippen molar-refractivity contribution in [2.75, 3.05) is 0 Å². The van der Waals surface area contributed by atoms with Crippen LogP contribution in [-0.2, 0) is 6.54 Å². The van der Waals surface area contributed by atoms with Crippen molar-refractivity contribution < 1.29 is 9.84 Å². The Hall–Kier alpha value is -3.49. The van der Waals surface area contributed by atoms with Gasteiger partial charge in [-0.3, -0.25) is 9.67 Å². The highest BCUT2D eigenvalue weighted by Crippen LogP contribution is 2.35. The Balaban J connectivity index is 1.49. The van der Waals surface area contributed by atoms with Gasteiger partial charge in [-0.05, 0) is 38.1 Å². The van der Waals surface area contributed by atoms with E-state index in [1.54, 1.807) is 30.1 Å². The maximum atomic E-state index is 9.55. The topological polar surface area (TPSA) is 102 Å². The van der Waals surface area contributed by atoms with Crippen molar-refractivity contribution in [3.63, 3.8) is 0 Å². The first-order valence-electron chi connectivity index (χ1n) is 9.76. The molecule has 0 spiro atoms. The van der Waals surface area contributed by atoms with Crippen molar-refractivity contribution in [2.45, 2.75) is 26.5 Å². The zero-order valence-electron chi connectivity index (χ0n) is 16.9. The van der Waals surface area contributed by atoms with Gasteiger partial charge in [0, 0.05) is 17.8 Å². The average molecular weight is 435 g/mol. The highest BCUT2D eigenvalue weighted by molar-refractivity contribution is 6.36. The number of aromatic amines is 1. The number of ether oxygens (including phenoxy) is 1. The fourth-order valence-electron chi connectivity index (χ4n) is 3.42. The van der Waals surface area contributed by atoms with Crippen LogP contribution < -0.4 is 4.74 Å². The molecule has 2 aromatic carbocycles. The Morgan fingerprint density at radius 1 is 1.16 bits per heavy atom. The molecule has 3 aromatic heterocycles. The third-order valence-electron chi connectivity index (χ3n) is 4.80. The van der Waals surface area contributed by atoms with Crippen LogP contribution in [0.5, 0.6) is 11.5 Å². The van der Waals surface area contributed by atoms with Crippen molar-refractivity contribution in [3.05, 3.63) is 59.8 Å². The molecule has 5 aromatic rings. The molecule has 3 heterocycles. The number of hydrogen-bond donors (Lipinski definition) is 2. The molecule has 0 bridgehead atoms. The Bertz CT molecular complexity index is 1410. The number of imidazole rings is 1. The molecule has 0 radical (unpaired) electrons. The number of nitrogens with one attached hydrogen (secondary N) is 1. The predicted octanol–water partition coefficient (Wildman–Crippen LogP) is 4.50. The number of H-pyrrole nitrogens is 1. The predicted molar refractivity (Wildman–Crippen MR) is 118 cm³/mol. The van der Waals surface area contributed by atoms with Gasteiger partial charge in [0.1, 0.15) is 27.9 Å². The molecule has 0 aliphatic carbocycles. The first-order valence-corrected chi connectivity index (χ1v) is 10.1. The Kier molecular flexibility index (Phi) is 4.80. The van der Waals surface area contributed by atoms with E-state index in [4.69, 9.17) is 16.3 Å². The second-order valence-corrected chi connectivity index (χ2v) is 7.78. The van der Waals surface area contributed by atoms with Crippen LogP contribution in [0, 0.1) is 6.92 Å². The number of fused-ring (bicyclic) bond motifs is 2. The Morgan fingerprint density at radius 3 is 2.84 bits per heavy atom. The molecule has 0 saturated carbocycles. The molecule has 2 N–H and O–H groups in total. The lowest BCUT2D eigenvalue weighted by molar-refractivity contribution is 0.168. The van der Waals surface area contributed by atoms with E-state index in [9.17, 15) is 5.11 Å². The van der Waals surface area contributed by atoms with E-state index in [2.05, 4.69) is 25.0 Å². The number of halogens is 1. The number of aryl methyl sites for hydroxylation is 1. The first kappa shape index (κ1) is 19.5. The standard InChI is InChI=1S/C22H19ClN6O2/c1-12(30)10-29-11-14(8-25-29)19-9-24-17-5-6-20(21(23)22(17)28-19)31-15-3-4-16-18(7-15)27-13(2)26-16/h3-9,11-12,30H,10H2,1-2H3,(H,26,27)/t12-/m1/s1. The molecule has 0 amide bonds. The maximum absolute atomic E-state index is 9.55. The normalized spacial score (nSPS) is 12.5. The van der Waals surface area contributed by atoms with E-state index in [0.29, 0.717) is 39.8 Å². The van der Waals surface area contributed by atoms with Crippen LogP contribution in [0.4, 0.5) is 0 Å². The van der Waals surface area contributed by atoms with E-state index in [1.807, 2.05) is 37.4 Å². The van der Waals surface area contributed by atoms with Gasteiger partial charge in [-0.2, -0.15) is 5.10 Å². The summed E-state index contributed by atoms with van der Waals surface area (Å²) in [6.45, 7) is 4.02. The molecule has 156 valence electrons. The van der Waals surface area contributed by atoms with Gasteiger partial charge in [0.2, 0.25) is 0 Å². The van der Waals surface area contributed by atoms with E-state index in [0.717, 1.165) is 22.4 Å². The zero-order valence-corrected chi connectivity index (χ0v) is 17.6. The monoisotopic (exact) mass is 434 g/mol. The van der Waals surface area contributed by atoms with Crippen LogP contribution in [0.3, 0.4) is 0 Å². The highest BCUT2D eigenvalue weighted by atomic mass is 35.5. The fourth-order valence-corrected chi connectivity index (χ4v) is 3.66. The largest absolute Gasteiger partial charge is 0.456 e. The molecular weight excluding hydrogens is 416 g/mol. The summed E-state index contributed by atoms with van der Waals surface area (Å²) in [6.07, 6.45) is 4.69. The molecule has 9 heteroatoms. The van der Waals surface area contributed by atoms with Crippen molar-refractivity contribution in [1.82, 2.24) is 29.7 Å². The van der Waals surface area contributed by atoms with E-state index >= 15 is 0 Å². The third-order valence-corrected chi connectivity index (χ3v) is 5.16. The van der Waals surface area contributed by atoms with Gasteiger partial charge in [-0.15, -0.1) is 0 Å². The van der Waals surface area contributed by atoms with Crippen LogP contribution in [0.25, 0.3) is 33.3 Å². The van der Waals surface area contributed by atoms with Crippen LogP contribution in [-0.4, -0.2) is 40.9 Å². The summed E-state index contributed by atoms with van der Waals surface area (Å²) >= 11 is 6.65. The second kappa shape index (κ2) is 7.64. The SMILES string of the molecule is Cc1nc2ccc(Oc3ccc4ncc(-c5cnn(C[C@@H](C)O)c5)nc4c3Cl)cc2[nH]1. The van der Waals surface area contributed by atoms with Gasteiger partial charge in [0.05, 0.1) is 47.3 Å². The minimum atomic E-state index is -0.491. The number of hydrogen-bond acceptors (Lipinski definition) is 6. The molecule has 0 saturated heterocycles. The first-order chi connectivity index (χ1) is 15.0. The van der Waals surface area contributed by atoms with Crippen molar-refractivity contribution in [1.29, 1.82) is 0 Å². The van der Waals surface area contributed by atoms with Crippen molar-refractivity contribution in [3.8, 4) is 22.8 Å². The minimum absolute atomic E-state index is 0.379. The van der Waals surface area contributed by atoms with E-state index in [-0.39, 0.29) is 0 Å². The lowest BCUT2D eigenvalue weighted by Crippen LogP contribution is -2.11. The molecule has 31 heavy (non-hydrogen) atoms. The minimum Gasteiger partial charge on any atom is -0.456 e. The number of aliphatic hydroxyl groups excluding tert-OH is 1. The van der Waals surface area contributed by atoms with Crippen molar-refractivity contribution in [2.24, 2.45) is 0 Å². The highest BCUT2D eigenvalue weighted by Gasteiger charge is 2.13. The summed E-state index contributed by atoms with van der Waals surface area (Å²) < 4.78 is 7.70. The van der Waals surface area contributed by atoms with Gasteiger partial charge in [-0.25, -0.2) is 9.97 Å². The number of aromatic nitrogens is 6. The summed E-state index contributed by atoms with van der Waals surface area (Å²) in [6, 6.07) is 9.23. The van der Waals surface area contributed by atoms with Crippen LogP contribution in [0.1, 0.15) is 12.7 Å². The molecule has 0 aliphatic rings. The summed E-state index contributed by atoms with van der Waals surface area (Å²) in [5, 5.41) is 14.2. The quantitative estimate of drug-likeness (QED) is 0.422. The van der Waals surface area contributed by atoms with Gasteiger partial charge in [0.25, 0.3) is 0 Å². The number of nitrogens with zero attached hydrogens (tertiary/aromatic N) is 5. The molecule has 1 atom stereocenters. The molecule has 5 rings (SSSR count). The van der Waals surface area contributed by atoms with Gasteiger partial charge >= 0.3 is 0 Å². The molecular formula is C22H19ClN6O2. The van der Waals surface area contributed by atoms with E-state index in [1.165, 1.54) is 0 Å². The smallest absolute Gasteiger partial charge is 0.148 e. The number of aliphatic hydroxyl groups is 1. The lowest BCUT2D eigenvalue weighted by atomic mass is 10.2. The van der Waals surface area contributed by atoms with Crippen LogP contribution in [0.15, 0.2) is 48.9 Å². The number of rotatable bonds is 5. The third kappa shape index (κ3) is 3.83. The Labute approximate surface area is 182 Å². The molecule has 0 fully saturated rings. The van der Waals surface area contributed by atoms with E-state index < -0.39 is 6.10 Å². The van der Waals surface area contributed by atoms with Gasteiger partial charge in [0.15, 0.2) is 0 Å². The van der Waals surface area contributed by atoms with Gasteiger partial charge in [-0.1, -0.05) is 11.6 Å². The summed E-state index contributed by atoms with van der Waals surface area (Å²) in [5.74, 6) is 1.97. The summed E-state index contributed by atoms with van der Waals surface area (Å²) in [7, 11) is 0. The zero-order chi connectivity index (χ0) is 21.5. The number of benzene rings is 2. The average Bonchev–Trinajstić information content (AvgIpc) is 3.34. The fraction of sp³-hybridized carbons (Fsp3) is 0.182.